The number of aromatic carboxylic acids is 1. The van der Waals surface area contributed by atoms with Crippen molar-refractivity contribution in [2.45, 2.75) is 6.92 Å². The Balaban J connectivity index is 2.32. The largest absolute Gasteiger partial charge is 0.478 e. The first-order valence-corrected chi connectivity index (χ1v) is 5.29. The molecule has 0 aliphatic heterocycles. The average molecular weight is 246 g/mol. The molecule has 1 heterocycles. The van der Waals surface area contributed by atoms with Crippen LogP contribution in [-0.4, -0.2) is 16.1 Å². The molecular formula is C13H11FN2O2. The number of pyridine rings is 1. The van der Waals surface area contributed by atoms with E-state index in [0.29, 0.717) is 5.69 Å². The molecule has 0 bridgehead atoms. The molecule has 0 unspecified atom stereocenters. The number of carboxylic acid groups (broad SMARTS) is 1. The average Bonchev–Trinajstić information content (AvgIpc) is 2.34. The van der Waals surface area contributed by atoms with E-state index < -0.39 is 17.3 Å². The van der Waals surface area contributed by atoms with Gasteiger partial charge >= 0.3 is 5.97 Å². The summed E-state index contributed by atoms with van der Waals surface area (Å²) in [6.45, 7) is 1.94. The van der Waals surface area contributed by atoms with Crippen LogP contribution in [0.4, 0.5) is 15.9 Å². The first-order chi connectivity index (χ1) is 8.58. The number of hydrogen-bond acceptors (Lipinski definition) is 3. The van der Waals surface area contributed by atoms with E-state index in [-0.39, 0.29) is 5.82 Å². The molecular weight excluding hydrogens is 235 g/mol. The SMILES string of the molecule is Cc1ccc(Nc2nccc(C(=O)O)c2F)cc1. The number of rotatable bonds is 3. The number of benzene rings is 1. The molecule has 0 fully saturated rings. The van der Waals surface area contributed by atoms with E-state index in [4.69, 9.17) is 5.11 Å². The molecule has 92 valence electrons. The van der Waals surface area contributed by atoms with E-state index >= 15 is 0 Å². The zero-order valence-electron chi connectivity index (χ0n) is 9.64. The highest BCUT2D eigenvalue weighted by Gasteiger charge is 2.14. The van der Waals surface area contributed by atoms with Gasteiger partial charge in [-0.05, 0) is 25.1 Å². The topological polar surface area (TPSA) is 62.2 Å². The summed E-state index contributed by atoms with van der Waals surface area (Å²) >= 11 is 0. The second-order valence-corrected chi connectivity index (χ2v) is 3.82. The lowest BCUT2D eigenvalue weighted by Crippen LogP contribution is -2.05. The van der Waals surface area contributed by atoms with Crippen molar-refractivity contribution in [1.82, 2.24) is 4.98 Å². The molecule has 0 saturated carbocycles. The summed E-state index contributed by atoms with van der Waals surface area (Å²) in [6, 6.07) is 8.38. The Bertz CT molecular complexity index is 582. The Morgan fingerprint density at radius 1 is 1.28 bits per heavy atom. The molecule has 4 nitrogen and oxygen atoms in total. The number of aryl methyl sites for hydroxylation is 1. The molecule has 18 heavy (non-hydrogen) atoms. The summed E-state index contributed by atoms with van der Waals surface area (Å²) in [7, 11) is 0. The quantitative estimate of drug-likeness (QED) is 0.874. The minimum Gasteiger partial charge on any atom is -0.478 e. The maximum atomic E-state index is 13.8. The van der Waals surface area contributed by atoms with E-state index in [1.807, 2.05) is 19.1 Å². The van der Waals surface area contributed by atoms with E-state index in [1.165, 1.54) is 6.20 Å². The van der Waals surface area contributed by atoms with Crippen molar-refractivity contribution in [3.63, 3.8) is 0 Å². The standard InChI is InChI=1S/C13H11FN2O2/c1-8-2-4-9(5-3-8)16-12-11(14)10(13(17)18)6-7-15-12/h2-7H,1H3,(H,15,16)(H,17,18). The van der Waals surface area contributed by atoms with Crippen molar-refractivity contribution in [1.29, 1.82) is 0 Å². The van der Waals surface area contributed by atoms with Crippen molar-refractivity contribution >= 4 is 17.5 Å². The van der Waals surface area contributed by atoms with Gasteiger partial charge in [0.1, 0.15) is 5.56 Å². The lowest BCUT2D eigenvalue weighted by Gasteiger charge is -2.08. The van der Waals surface area contributed by atoms with Gasteiger partial charge in [-0.25, -0.2) is 14.2 Å². The fourth-order valence-electron chi connectivity index (χ4n) is 1.47. The van der Waals surface area contributed by atoms with Crippen molar-refractivity contribution in [3.8, 4) is 0 Å². The number of nitrogens with one attached hydrogen (secondary N) is 1. The first kappa shape index (κ1) is 12.0. The van der Waals surface area contributed by atoms with Crippen molar-refractivity contribution < 1.29 is 14.3 Å². The number of aromatic nitrogens is 1. The highest BCUT2D eigenvalue weighted by molar-refractivity contribution is 5.89. The van der Waals surface area contributed by atoms with E-state index in [1.54, 1.807) is 12.1 Å². The zero-order chi connectivity index (χ0) is 13.1. The van der Waals surface area contributed by atoms with Crippen LogP contribution in [0.5, 0.6) is 0 Å². The highest BCUT2D eigenvalue weighted by Crippen LogP contribution is 2.20. The van der Waals surface area contributed by atoms with E-state index in [2.05, 4.69) is 10.3 Å². The molecule has 5 heteroatoms. The second-order valence-electron chi connectivity index (χ2n) is 3.82. The third-order valence-electron chi connectivity index (χ3n) is 2.43. The molecule has 0 atom stereocenters. The Morgan fingerprint density at radius 3 is 2.56 bits per heavy atom. The maximum absolute atomic E-state index is 13.8. The normalized spacial score (nSPS) is 10.1. The van der Waals surface area contributed by atoms with Crippen LogP contribution in [0.25, 0.3) is 0 Å². The van der Waals surface area contributed by atoms with Gasteiger partial charge in [0.15, 0.2) is 11.6 Å². The molecule has 0 spiro atoms. The van der Waals surface area contributed by atoms with Crippen molar-refractivity contribution in [3.05, 3.63) is 53.5 Å². The van der Waals surface area contributed by atoms with Crippen LogP contribution in [0.3, 0.4) is 0 Å². The van der Waals surface area contributed by atoms with Crippen LogP contribution < -0.4 is 5.32 Å². The monoisotopic (exact) mass is 246 g/mol. The van der Waals surface area contributed by atoms with Crippen LogP contribution in [0.1, 0.15) is 15.9 Å². The fraction of sp³-hybridized carbons (Fsp3) is 0.0769. The van der Waals surface area contributed by atoms with Gasteiger partial charge in [0.05, 0.1) is 0 Å². The third kappa shape index (κ3) is 2.45. The molecule has 0 radical (unpaired) electrons. The molecule has 0 amide bonds. The molecule has 0 aliphatic carbocycles. The van der Waals surface area contributed by atoms with Gasteiger partial charge in [0.2, 0.25) is 0 Å². The molecule has 2 aromatic rings. The smallest absolute Gasteiger partial charge is 0.338 e. The summed E-state index contributed by atoms with van der Waals surface area (Å²) < 4.78 is 13.8. The molecule has 1 aromatic carbocycles. The van der Waals surface area contributed by atoms with Crippen LogP contribution in [-0.2, 0) is 0 Å². The van der Waals surface area contributed by atoms with Crippen molar-refractivity contribution in [2.75, 3.05) is 5.32 Å². The Morgan fingerprint density at radius 2 is 1.94 bits per heavy atom. The summed E-state index contributed by atoms with van der Waals surface area (Å²) in [5.74, 6) is -2.29. The number of carboxylic acids is 1. The molecule has 2 rings (SSSR count). The van der Waals surface area contributed by atoms with Gasteiger partial charge in [-0.15, -0.1) is 0 Å². The van der Waals surface area contributed by atoms with Crippen LogP contribution in [0, 0.1) is 12.7 Å². The van der Waals surface area contributed by atoms with Crippen LogP contribution >= 0.6 is 0 Å². The fourth-order valence-corrected chi connectivity index (χ4v) is 1.47. The van der Waals surface area contributed by atoms with Crippen LogP contribution in [0.2, 0.25) is 0 Å². The molecule has 1 aromatic heterocycles. The van der Waals surface area contributed by atoms with Gasteiger partial charge in [-0.1, -0.05) is 17.7 Å². The lowest BCUT2D eigenvalue weighted by atomic mass is 10.2. The lowest BCUT2D eigenvalue weighted by molar-refractivity contribution is 0.0692. The minimum atomic E-state index is -1.32. The van der Waals surface area contributed by atoms with Crippen molar-refractivity contribution in [2.24, 2.45) is 0 Å². The zero-order valence-corrected chi connectivity index (χ0v) is 9.64. The van der Waals surface area contributed by atoms with E-state index in [9.17, 15) is 9.18 Å². The molecule has 0 aliphatic rings. The number of anilines is 2. The molecule has 0 saturated heterocycles. The summed E-state index contributed by atoms with van der Waals surface area (Å²) in [5, 5.41) is 11.5. The first-order valence-electron chi connectivity index (χ1n) is 5.29. The Kier molecular flexibility index (Phi) is 3.23. The van der Waals surface area contributed by atoms with Gasteiger partial charge in [0.25, 0.3) is 0 Å². The Labute approximate surface area is 103 Å². The van der Waals surface area contributed by atoms with Gasteiger partial charge < -0.3 is 10.4 Å². The van der Waals surface area contributed by atoms with Gasteiger partial charge in [0, 0.05) is 11.9 Å². The summed E-state index contributed by atoms with van der Waals surface area (Å²) in [5.41, 5.74) is 1.32. The number of nitrogens with zero attached hydrogens (tertiary/aromatic N) is 1. The van der Waals surface area contributed by atoms with E-state index in [0.717, 1.165) is 11.6 Å². The molecule has 2 N–H and O–H groups in total. The highest BCUT2D eigenvalue weighted by atomic mass is 19.1. The predicted octanol–water partition coefficient (Wildman–Crippen LogP) is 2.97. The summed E-state index contributed by atoms with van der Waals surface area (Å²) in [4.78, 5) is 14.6. The van der Waals surface area contributed by atoms with Gasteiger partial charge in [-0.2, -0.15) is 0 Å². The Hall–Kier alpha value is -2.43. The number of halogens is 1. The van der Waals surface area contributed by atoms with Crippen LogP contribution in [0.15, 0.2) is 36.5 Å². The minimum absolute atomic E-state index is 0.0984. The summed E-state index contributed by atoms with van der Waals surface area (Å²) in [6.07, 6.45) is 1.25. The van der Waals surface area contributed by atoms with Gasteiger partial charge in [-0.3, -0.25) is 0 Å². The maximum Gasteiger partial charge on any atom is 0.338 e. The number of carbonyl (C=O) groups is 1. The third-order valence-corrected chi connectivity index (χ3v) is 2.43. The predicted molar refractivity (Wildman–Crippen MR) is 65.6 cm³/mol. The number of hydrogen-bond donors (Lipinski definition) is 2. The second kappa shape index (κ2) is 4.83.